The molecular formula is C21H18FNO3. The Kier molecular flexibility index (Phi) is 5.27. The largest absolute Gasteiger partial charge is 0.480 e. The molecule has 26 heavy (non-hydrogen) atoms. The van der Waals surface area contributed by atoms with E-state index in [4.69, 9.17) is 0 Å². The van der Waals surface area contributed by atoms with Crippen molar-refractivity contribution in [3.8, 4) is 0 Å². The van der Waals surface area contributed by atoms with Gasteiger partial charge in [0.25, 0.3) is 0 Å². The van der Waals surface area contributed by atoms with E-state index in [0.29, 0.717) is 5.56 Å². The first kappa shape index (κ1) is 17.6. The number of carboxylic acid groups (broad SMARTS) is 1. The van der Waals surface area contributed by atoms with E-state index in [2.05, 4.69) is 5.32 Å². The molecule has 0 radical (unpaired) electrons. The van der Waals surface area contributed by atoms with Gasteiger partial charge in [0.1, 0.15) is 11.9 Å². The highest BCUT2D eigenvalue weighted by Crippen LogP contribution is 2.17. The number of hydrogen-bond donors (Lipinski definition) is 2. The maximum atomic E-state index is 13.2. The van der Waals surface area contributed by atoms with E-state index < -0.39 is 23.7 Å². The van der Waals surface area contributed by atoms with Gasteiger partial charge in [-0.25, -0.2) is 9.18 Å². The second kappa shape index (κ2) is 7.78. The number of aliphatic carboxylic acids is 1. The van der Waals surface area contributed by atoms with Gasteiger partial charge < -0.3 is 10.4 Å². The molecule has 3 rings (SSSR count). The van der Waals surface area contributed by atoms with Crippen LogP contribution < -0.4 is 5.32 Å². The van der Waals surface area contributed by atoms with Crippen molar-refractivity contribution in [1.82, 2.24) is 5.32 Å². The number of rotatable bonds is 6. The number of carbonyl (C=O) groups is 2. The van der Waals surface area contributed by atoms with Gasteiger partial charge in [-0.2, -0.15) is 0 Å². The quantitative estimate of drug-likeness (QED) is 0.716. The van der Waals surface area contributed by atoms with Gasteiger partial charge in [0.2, 0.25) is 5.91 Å². The average Bonchev–Trinajstić information content (AvgIpc) is 2.61. The highest BCUT2D eigenvalue weighted by Gasteiger charge is 2.20. The molecule has 1 amide bonds. The van der Waals surface area contributed by atoms with Gasteiger partial charge in [0, 0.05) is 6.42 Å². The van der Waals surface area contributed by atoms with E-state index in [0.717, 1.165) is 16.3 Å². The maximum Gasteiger partial charge on any atom is 0.326 e. The fourth-order valence-corrected chi connectivity index (χ4v) is 2.88. The lowest BCUT2D eigenvalue weighted by molar-refractivity contribution is -0.141. The molecule has 0 heterocycles. The molecule has 0 bridgehead atoms. The van der Waals surface area contributed by atoms with E-state index in [9.17, 15) is 19.1 Å². The summed E-state index contributed by atoms with van der Waals surface area (Å²) in [5.41, 5.74) is 1.32. The van der Waals surface area contributed by atoms with Crippen LogP contribution in [-0.2, 0) is 22.4 Å². The molecule has 0 saturated heterocycles. The van der Waals surface area contributed by atoms with E-state index in [1.807, 2.05) is 42.5 Å². The van der Waals surface area contributed by atoms with Gasteiger partial charge in [-0.3, -0.25) is 4.79 Å². The Bertz CT molecular complexity index is 955. The summed E-state index contributed by atoms with van der Waals surface area (Å²) >= 11 is 0. The number of amides is 1. The van der Waals surface area contributed by atoms with Crippen LogP contribution in [0.5, 0.6) is 0 Å². The summed E-state index contributed by atoms with van der Waals surface area (Å²) in [6.07, 6.45) is 0.105. The number of carboxylic acids is 1. The molecule has 4 nitrogen and oxygen atoms in total. The summed E-state index contributed by atoms with van der Waals surface area (Å²) < 4.78 is 13.2. The molecule has 132 valence electrons. The predicted octanol–water partition coefficient (Wildman–Crippen LogP) is 3.33. The molecule has 0 fully saturated rings. The van der Waals surface area contributed by atoms with Gasteiger partial charge in [-0.05, 0) is 34.0 Å². The summed E-state index contributed by atoms with van der Waals surface area (Å²) in [4.78, 5) is 23.7. The number of hydrogen-bond acceptors (Lipinski definition) is 2. The summed E-state index contributed by atoms with van der Waals surface area (Å²) in [5.74, 6) is -1.99. The molecule has 0 unspecified atom stereocenters. The summed E-state index contributed by atoms with van der Waals surface area (Å²) in [7, 11) is 0. The zero-order valence-electron chi connectivity index (χ0n) is 14.0. The first-order chi connectivity index (χ1) is 12.5. The van der Waals surface area contributed by atoms with Crippen LogP contribution in [0.4, 0.5) is 4.39 Å². The third kappa shape index (κ3) is 4.45. The SMILES string of the molecule is O=C(Cc1cccc(F)c1)N[C@@H](Cc1ccc2ccccc2c1)C(=O)O. The third-order valence-electron chi connectivity index (χ3n) is 4.14. The minimum absolute atomic E-state index is 0.0702. The van der Waals surface area contributed by atoms with Crippen molar-refractivity contribution in [2.45, 2.75) is 18.9 Å². The zero-order chi connectivity index (χ0) is 18.5. The highest BCUT2D eigenvalue weighted by atomic mass is 19.1. The molecular weight excluding hydrogens is 333 g/mol. The number of carbonyl (C=O) groups excluding carboxylic acids is 1. The Hall–Kier alpha value is -3.21. The van der Waals surface area contributed by atoms with E-state index >= 15 is 0 Å². The van der Waals surface area contributed by atoms with Crippen LogP contribution in [0.3, 0.4) is 0 Å². The van der Waals surface area contributed by atoms with E-state index in [1.165, 1.54) is 18.2 Å². The Balaban J connectivity index is 1.70. The lowest BCUT2D eigenvalue weighted by atomic mass is 10.0. The Morgan fingerprint density at radius 2 is 1.69 bits per heavy atom. The van der Waals surface area contributed by atoms with Crippen molar-refractivity contribution in [3.05, 3.63) is 83.7 Å². The molecule has 0 aliphatic heterocycles. The van der Waals surface area contributed by atoms with Crippen LogP contribution in [0.1, 0.15) is 11.1 Å². The monoisotopic (exact) mass is 351 g/mol. The zero-order valence-corrected chi connectivity index (χ0v) is 14.0. The first-order valence-corrected chi connectivity index (χ1v) is 8.25. The first-order valence-electron chi connectivity index (χ1n) is 8.25. The van der Waals surface area contributed by atoms with Gasteiger partial charge in [0.15, 0.2) is 0 Å². The van der Waals surface area contributed by atoms with Crippen LogP contribution in [-0.4, -0.2) is 23.0 Å². The van der Waals surface area contributed by atoms with Crippen LogP contribution >= 0.6 is 0 Å². The van der Waals surface area contributed by atoms with Crippen molar-refractivity contribution in [1.29, 1.82) is 0 Å². The minimum atomic E-state index is -1.11. The van der Waals surface area contributed by atoms with Gasteiger partial charge in [-0.1, -0.05) is 54.6 Å². The second-order valence-electron chi connectivity index (χ2n) is 6.15. The normalized spacial score (nSPS) is 11.9. The molecule has 3 aromatic rings. The summed E-state index contributed by atoms with van der Waals surface area (Å²) in [6.45, 7) is 0. The second-order valence-corrected chi connectivity index (χ2v) is 6.15. The van der Waals surface area contributed by atoms with Crippen LogP contribution in [0.25, 0.3) is 10.8 Å². The van der Waals surface area contributed by atoms with Crippen molar-refractivity contribution in [3.63, 3.8) is 0 Å². The molecule has 0 saturated carbocycles. The molecule has 3 aromatic carbocycles. The predicted molar refractivity (Wildman–Crippen MR) is 97.3 cm³/mol. The van der Waals surface area contributed by atoms with Crippen LogP contribution in [0.15, 0.2) is 66.7 Å². The van der Waals surface area contributed by atoms with Crippen molar-refractivity contribution in [2.24, 2.45) is 0 Å². The Labute approximate surface area is 150 Å². The van der Waals surface area contributed by atoms with Gasteiger partial charge >= 0.3 is 5.97 Å². The lowest BCUT2D eigenvalue weighted by Crippen LogP contribution is -2.43. The molecule has 5 heteroatoms. The maximum absolute atomic E-state index is 13.2. The topological polar surface area (TPSA) is 66.4 Å². The van der Waals surface area contributed by atoms with Crippen LogP contribution in [0.2, 0.25) is 0 Å². The average molecular weight is 351 g/mol. The third-order valence-corrected chi connectivity index (χ3v) is 4.14. The minimum Gasteiger partial charge on any atom is -0.480 e. The number of halogens is 1. The fourth-order valence-electron chi connectivity index (χ4n) is 2.88. The number of benzene rings is 3. The van der Waals surface area contributed by atoms with E-state index in [1.54, 1.807) is 6.07 Å². The Morgan fingerprint density at radius 3 is 2.42 bits per heavy atom. The van der Waals surface area contributed by atoms with Crippen molar-refractivity contribution in [2.75, 3.05) is 0 Å². The molecule has 0 aromatic heterocycles. The Morgan fingerprint density at radius 1 is 0.923 bits per heavy atom. The standard InChI is InChI=1S/C21H18FNO3/c22-18-7-3-4-14(11-18)13-20(24)23-19(21(25)26)12-15-8-9-16-5-1-2-6-17(16)10-15/h1-11,19H,12-13H2,(H,23,24)(H,25,26)/t19-/m0/s1. The van der Waals surface area contributed by atoms with E-state index in [-0.39, 0.29) is 12.8 Å². The van der Waals surface area contributed by atoms with Gasteiger partial charge in [-0.15, -0.1) is 0 Å². The number of fused-ring (bicyclic) bond motifs is 1. The molecule has 1 atom stereocenters. The summed E-state index contributed by atoms with van der Waals surface area (Å²) in [5, 5.41) is 14.0. The molecule has 0 spiro atoms. The molecule has 2 N–H and O–H groups in total. The molecule has 0 aliphatic carbocycles. The molecule has 0 aliphatic rings. The lowest BCUT2D eigenvalue weighted by Gasteiger charge is -2.15. The smallest absolute Gasteiger partial charge is 0.326 e. The van der Waals surface area contributed by atoms with Crippen LogP contribution in [0, 0.1) is 5.82 Å². The van der Waals surface area contributed by atoms with Gasteiger partial charge in [0.05, 0.1) is 6.42 Å². The number of nitrogens with one attached hydrogen (secondary N) is 1. The van der Waals surface area contributed by atoms with Crippen molar-refractivity contribution < 1.29 is 19.1 Å². The highest BCUT2D eigenvalue weighted by molar-refractivity contribution is 5.86. The fraction of sp³-hybridized carbons (Fsp3) is 0.143. The van der Waals surface area contributed by atoms with Crippen molar-refractivity contribution >= 4 is 22.6 Å². The summed E-state index contributed by atoms with van der Waals surface area (Å²) in [6, 6.07) is 18.2.